The van der Waals surface area contributed by atoms with E-state index in [2.05, 4.69) is 60.9 Å². The highest BCUT2D eigenvalue weighted by molar-refractivity contribution is 7.46. The van der Waals surface area contributed by atoms with Crippen molar-refractivity contribution in [3.05, 3.63) is 48.6 Å². The molecule has 266 valence electrons. The fourth-order valence-corrected chi connectivity index (χ4v) is 4.96. The summed E-state index contributed by atoms with van der Waals surface area (Å²) >= 11 is 0. The van der Waals surface area contributed by atoms with Gasteiger partial charge in [0, 0.05) is 12.8 Å². The molecule has 0 aromatic rings. The van der Waals surface area contributed by atoms with Crippen molar-refractivity contribution in [1.82, 2.24) is 0 Å². The van der Waals surface area contributed by atoms with E-state index in [0.717, 1.165) is 57.8 Å². The van der Waals surface area contributed by atoms with Crippen LogP contribution in [0, 0.1) is 0 Å². The maximum absolute atomic E-state index is 12.3. The molecule has 1 atom stereocenters. The van der Waals surface area contributed by atoms with Crippen molar-refractivity contribution in [1.29, 1.82) is 0 Å². The van der Waals surface area contributed by atoms with Crippen molar-refractivity contribution in [2.24, 2.45) is 0 Å². The Morgan fingerprint density at radius 3 is 1.61 bits per heavy atom. The summed E-state index contributed by atoms with van der Waals surface area (Å²) in [5, 5.41) is 0. The van der Waals surface area contributed by atoms with E-state index in [-0.39, 0.29) is 19.4 Å². The Morgan fingerprint density at radius 1 is 0.565 bits per heavy atom. The van der Waals surface area contributed by atoms with E-state index >= 15 is 0 Å². The van der Waals surface area contributed by atoms with Gasteiger partial charge in [-0.2, -0.15) is 0 Å². The highest BCUT2D eigenvalue weighted by atomic mass is 31.2. The summed E-state index contributed by atoms with van der Waals surface area (Å²) in [6.07, 6.45) is 38.4. The first kappa shape index (κ1) is 44.0. The van der Waals surface area contributed by atoms with Gasteiger partial charge in [0.2, 0.25) is 0 Å². The van der Waals surface area contributed by atoms with Gasteiger partial charge in [0.1, 0.15) is 6.61 Å². The number of unbranched alkanes of at least 4 members (excludes halogenated alkanes) is 14. The number of hydrogen-bond acceptors (Lipinski definition) is 6. The lowest BCUT2D eigenvalue weighted by Crippen LogP contribution is -2.29. The molecule has 0 unspecified atom stereocenters. The van der Waals surface area contributed by atoms with E-state index in [1.807, 2.05) is 6.08 Å². The van der Waals surface area contributed by atoms with Gasteiger partial charge in [-0.25, -0.2) is 4.57 Å². The fourth-order valence-electron chi connectivity index (χ4n) is 4.60. The third-order valence-electron chi connectivity index (χ3n) is 7.32. The summed E-state index contributed by atoms with van der Waals surface area (Å²) in [6.45, 7) is 3.56. The second kappa shape index (κ2) is 32.9. The van der Waals surface area contributed by atoms with E-state index in [1.54, 1.807) is 0 Å². The Labute approximate surface area is 280 Å². The van der Waals surface area contributed by atoms with Crippen LogP contribution < -0.4 is 0 Å². The molecule has 0 aliphatic heterocycles. The van der Waals surface area contributed by atoms with Gasteiger partial charge in [-0.15, -0.1) is 0 Å². The lowest BCUT2D eigenvalue weighted by molar-refractivity contribution is -0.161. The third-order valence-corrected chi connectivity index (χ3v) is 7.81. The van der Waals surface area contributed by atoms with Crippen LogP contribution in [0.1, 0.15) is 155 Å². The lowest BCUT2D eigenvalue weighted by atomic mass is 10.1. The summed E-state index contributed by atoms with van der Waals surface area (Å²) in [4.78, 5) is 42.5. The number of allylic oxidation sites excluding steroid dienone is 8. The van der Waals surface area contributed by atoms with Crippen LogP contribution in [0.25, 0.3) is 0 Å². The lowest BCUT2D eigenvalue weighted by Gasteiger charge is -2.18. The van der Waals surface area contributed by atoms with Crippen LogP contribution in [0.3, 0.4) is 0 Å². The SMILES string of the molecule is CCCC/C=C\CCCCCCCC(=O)OC[C@H](COP(=O)(O)O)OC(=O)CCC/C=C\C/C=C\C/C=C\CCCCCCCC. The molecule has 0 heterocycles. The van der Waals surface area contributed by atoms with Gasteiger partial charge in [0.05, 0.1) is 6.61 Å². The van der Waals surface area contributed by atoms with E-state index in [1.165, 1.54) is 51.4 Å². The van der Waals surface area contributed by atoms with Gasteiger partial charge < -0.3 is 19.3 Å². The van der Waals surface area contributed by atoms with Gasteiger partial charge in [-0.1, -0.05) is 127 Å². The zero-order chi connectivity index (χ0) is 34.0. The molecule has 2 N–H and O–H groups in total. The molecule has 0 aliphatic carbocycles. The minimum absolute atomic E-state index is 0.137. The molecule has 0 saturated heterocycles. The van der Waals surface area contributed by atoms with E-state index in [0.29, 0.717) is 19.3 Å². The second-order valence-electron chi connectivity index (χ2n) is 11.8. The number of phosphoric ester groups is 1. The number of carbonyl (C=O) groups excluding carboxylic acids is 2. The normalized spacial score (nSPS) is 13.0. The number of carbonyl (C=O) groups is 2. The fraction of sp³-hybridized carbons (Fsp3) is 0.730. The van der Waals surface area contributed by atoms with Gasteiger partial charge in [-0.05, 0) is 64.2 Å². The van der Waals surface area contributed by atoms with Crippen molar-refractivity contribution in [2.75, 3.05) is 13.2 Å². The van der Waals surface area contributed by atoms with Crippen LogP contribution in [0.15, 0.2) is 48.6 Å². The zero-order valence-electron chi connectivity index (χ0n) is 29.0. The first-order valence-electron chi connectivity index (χ1n) is 17.9. The molecule has 0 bridgehead atoms. The molecule has 0 aromatic heterocycles. The van der Waals surface area contributed by atoms with Crippen molar-refractivity contribution in [2.45, 2.75) is 161 Å². The zero-order valence-corrected chi connectivity index (χ0v) is 29.9. The molecule has 46 heavy (non-hydrogen) atoms. The number of hydrogen-bond donors (Lipinski definition) is 2. The second-order valence-corrected chi connectivity index (χ2v) is 13.1. The van der Waals surface area contributed by atoms with Gasteiger partial charge >= 0.3 is 19.8 Å². The Hall–Kier alpha value is -1.99. The van der Waals surface area contributed by atoms with Crippen molar-refractivity contribution in [3.8, 4) is 0 Å². The Balaban J connectivity index is 4.10. The average Bonchev–Trinajstić information content (AvgIpc) is 3.02. The Bertz CT molecular complexity index is 890. The first-order valence-corrected chi connectivity index (χ1v) is 19.5. The smallest absolute Gasteiger partial charge is 0.462 e. The molecule has 0 spiro atoms. The number of phosphoric acid groups is 1. The molecule has 0 saturated carbocycles. The molecular weight excluding hydrogens is 603 g/mol. The van der Waals surface area contributed by atoms with E-state index in [4.69, 9.17) is 19.3 Å². The molecule has 0 radical (unpaired) electrons. The summed E-state index contributed by atoms with van der Waals surface area (Å²) in [7, 11) is -4.76. The van der Waals surface area contributed by atoms with Crippen molar-refractivity contribution in [3.63, 3.8) is 0 Å². The van der Waals surface area contributed by atoms with Crippen molar-refractivity contribution < 1.29 is 37.9 Å². The van der Waals surface area contributed by atoms with Gasteiger partial charge in [0.15, 0.2) is 6.10 Å². The highest BCUT2D eigenvalue weighted by Gasteiger charge is 2.22. The first-order chi connectivity index (χ1) is 22.3. The summed E-state index contributed by atoms with van der Waals surface area (Å²) in [5.74, 6) is -0.962. The topological polar surface area (TPSA) is 119 Å². The van der Waals surface area contributed by atoms with E-state index < -0.39 is 32.5 Å². The van der Waals surface area contributed by atoms with Crippen LogP contribution in [0.2, 0.25) is 0 Å². The largest absolute Gasteiger partial charge is 0.469 e. The van der Waals surface area contributed by atoms with Gasteiger partial charge in [-0.3, -0.25) is 14.1 Å². The third kappa shape index (κ3) is 34.9. The van der Waals surface area contributed by atoms with E-state index in [9.17, 15) is 14.2 Å². The molecular formula is C37H65O8P. The number of esters is 2. The van der Waals surface area contributed by atoms with Crippen LogP contribution in [-0.2, 0) is 28.2 Å². The predicted octanol–water partition coefficient (Wildman–Crippen LogP) is 10.4. The maximum atomic E-state index is 12.3. The van der Waals surface area contributed by atoms with Gasteiger partial charge in [0.25, 0.3) is 0 Å². The molecule has 0 rings (SSSR count). The summed E-state index contributed by atoms with van der Waals surface area (Å²) < 4.78 is 26.2. The van der Waals surface area contributed by atoms with Crippen LogP contribution >= 0.6 is 7.82 Å². The maximum Gasteiger partial charge on any atom is 0.469 e. The minimum atomic E-state index is -4.76. The summed E-state index contributed by atoms with van der Waals surface area (Å²) in [6, 6.07) is 0. The molecule has 9 heteroatoms. The van der Waals surface area contributed by atoms with Crippen LogP contribution in [0.5, 0.6) is 0 Å². The van der Waals surface area contributed by atoms with Crippen LogP contribution in [0.4, 0.5) is 0 Å². The number of ether oxygens (including phenoxy) is 2. The molecule has 8 nitrogen and oxygen atoms in total. The highest BCUT2D eigenvalue weighted by Crippen LogP contribution is 2.35. The average molecular weight is 669 g/mol. The van der Waals surface area contributed by atoms with Crippen molar-refractivity contribution >= 4 is 19.8 Å². The Kier molecular flexibility index (Phi) is 31.5. The molecule has 0 aromatic carbocycles. The predicted molar refractivity (Wildman–Crippen MR) is 188 cm³/mol. The number of rotatable bonds is 32. The molecule has 0 fully saturated rings. The Morgan fingerprint density at radius 2 is 1.02 bits per heavy atom. The summed E-state index contributed by atoms with van der Waals surface area (Å²) in [5.41, 5.74) is 0. The van der Waals surface area contributed by atoms with Crippen LogP contribution in [-0.4, -0.2) is 41.0 Å². The molecule has 0 aliphatic rings. The standard InChI is InChI=1S/C37H65O8P/c1-3-5-7-9-11-13-15-16-17-18-19-20-22-24-26-28-30-32-37(39)45-35(34-44-46(40,41)42)33-43-36(38)31-29-27-25-23-21-14-12-10-8-6-4-2/h10,12,16-17,19-20,24,26,35H,3-9,11,13-15,18,21-23,25,27-34H2,1-2H3,(H2,40,41,42)/b12-10-,17-16-,20-19-,26-24-/t35-/m1/s1. The quantitative estimate of drug-likeness (QED) is 0.0315. The molecule has 0 amide bonds. The minimum Gasteiger partial charge on any atom is -0.462 e. The monoisotopic (exact) mass is 668 g/mol.